The van der Waals surface area contributed by atoms with Crippen LogP contribution in [0.1, 0.15) is 51.8 Å². The average molecular weight is 542 g/mol. The van der Waals surface area contributed by atoms with Gasteiger partial charge in [-0.25, -0.2) is 9.97 Å². The zero-order chi connectivity index (χ0) is 27.4. The predicted octanol–water partition coefficient (Wildman–Crippen LogP) is 5.80. The number of thiazole rings is 1. The van der Waals surface area contributed by atoms with Gasteiger partial charge in [0.1, 0.15) is 6.10 Å². The molecule has 2 atom stereocenters. The Morgan fingerprint density at radius 1 is 1.18 bits per heavy atom. The average Bonchev–Trinajstić information content (AvgIpc) is 3.62. The third-order valence-corrected chi connectivity index (χ3v) is 7.30. The molecular formula is C30H31N5O3S. The maximum atomic E-state index is 13.4. The molecule has 0 aliphatic heterocycles. The van der Waals surface area contributed by atoms with E-state index in [4.69, 9.17) is 14.5 Å². The minimum Gasteiger partial charge on any atom is -0.382 e. The van der Waals surface area contributed by atoms with Gasteiger partial charge in [0.2, 0.25) is 0 Å². The van der Waals surface area contributed by atoms with E-state index in [2.05, 4.69) is 15.4 Å². The van der Waals surface area contributed by atoms with Crippen molar-refractivity contribution in [3.63, 3.8) is 0 Å². The number of methoxy groups -OCH3 is 1. The third kappa shape index (κ3) is 6.06. The van der Waals surface area contributed by atoms with Crippen LogP contribution in [0.5, 0.6) is 0 Å². The van der Waals surface area contributed by atoms with Crippen LogP contribution in [-0.4, -0.2) is 39.4 Å². The summed E-state index contributed by atoms with van der Waals surface area (Å²) in [6.07, 6.45) is 3.47. The van der Waals surface area contributed by atoms with Gasteiger partial charge in [0.05, 0.1) is 47.9 Å². The molecule has 0 spiro atoms. The quantitative estimate of drug-likeness (QED) is 0.240. The molecule has 200 valence electrons. The van der Waals surface area contributed by atoms with Crippen LogP contribution in [0.25, 0.3) is 22.2 Å². The first kappa shape index (κ1) is 26.7. The number of hydrogen-bond acceptors (Lipinski definition) is 7. The molecule has 3 aromatic heterocycles. The Morgan fingerprint density at radius 2 is 2.03 bits per heavy atom. The molecule has 0 aliphatic carbocycles. The number of pyridine rings is 1. The number of aryl methyl sites for hydroxylation is 2. The maximum absolute atomic E-state index is 13.4. The normalized spacial score (nSPS) is 12.9. The van der Waals surface area contributed by atoms with E-state index in [0.29, 0.717) is 18.8 Å². The fourth-order valence-electron chi connectivity index (χ4n) is 4.64. The topological polar surface area (TPSA) is 91.2 Å². The Hall–Kier alpha value is -3.92. The summed E-state index contributed by atoms with van der Waals surface area (Å²) in [6, 6.07) is 15.6. The summed E-state index contributed by atoms with van der Waals surface area (Å²) >= 11 is 1.54. The highest BCUT2D eigenvalue weighted by Gasteiger charge is 2.20. The Kier molecular flexibility index (Phi) is 8.11. The number of fused-ring (bicyclic) bond motifs is 1. The summed E-state index contributed by atoms with van der Waals surface area (Å²) in [5.41, 5.74) is 8.73. The van der Waals surface area contributed by atoms with Gasteiger partial charge in [0.25, 0.3) is 5.91 Å². The number of nitrogens with zero attached hydrogens (tertiary/aromatic N) is 4. The van der Waals surface area contributed by atoms with Crippen LogP contribution in [0.15, 0.2) is 71.8 Å². The van der Waals surface area contributed by atoms with Crippen molar-refractivity contribution in [3.05, 3.63) is 99.8 Å². The fraction of sp³-hybridized carbons (Fsp3) is 0.267. The molecule has 1 N–H and O–H groups in total. The smallest absolute Gasteiger partial charge is 0.252 e. The predicted molar refractivity (Wildman–Crippen MR) is 153 cm³/mol. The van der Waals surface area contributed by atoms with Crippen molar-refractivity contribution in [1.82, 2.24) is 25.1 Å². The van der Waals surface area contributed by atoms with Gasteiger partial charge in [-0.15, -0.1) is 11.3 Å². The first-order valence-electron chi connectivity index (χ1n) is 12.7. The second kappa shape index (κ2) is 11.9. The molecule has 0 saturated heterocycles. The summed E-state index contributed by atoms with van der Waals surface area (Å²) in [5.74, 6) is -0.137. The van der Waals surface area contributed by atoms with E-state index in [0.717, 1.165) is 44.5 Å². The zero-order valence-corrected chi connectivity index (χ0v) is 23.2. The monoisotopic (exact) mass is 541 g/mol. The largest absolute Gasteiger partial charge is 0.382 e. The molecule has 0 radical (unpaired) electrons. The number of carbonyl (C=O) groups is 1. The number of carbonyl (C=O) groups excluding carboxylic acids is 1. The molecule has 5 rings (SSSR count). The van der Waals surface area contributed by atoms with Crippen LogP contribution in [0.3, 0.4) is 0 Å². The Balaban J connectivity index is 1.36. The van der Waals surface area contributed by atoms with Gasteiger partial charge in [0.15, 0.2) is 0 Å². The molecule has 2 aromatic carbocycles. The molecule has 8 nitrogen and oxygen atoms in total. The number of para-hydroxylation sites is 1. The molecule has 0 aliphatic rings. The van der Waals surface area contributed by atoms with Crippen LogP contribution in [0.2, 0.25) is 0 Å². The summed E-state index contributed by atoms with van der Waals surface area (Å²) in [7, 11) is 3.53. The Bertz CT molecular complexity index is 1580. The minimum absolute atomic E-state index is 0.137. The van der Waals surface area contributed by atoms with E-state index in [-0.39, 0.29) is 18.1 Å². The number of hydrogen-bond donors (Lipinski definition) is 1. The highest BCUT2D eigenvalue weighted by Crippen LogP contribution is 2.29. The van der Waals surface area contributed by atoms with Gasteiger partial charge in [-0.1, -0.05) is 30.3 Å². The number of benzene rings is 2. The van der Waals surface area contributed by atoms with Crippen molar-refractivity contribution in [2.45, 2.75) is 32.6 Å². The fourth-order valence-corrected chi connectivity index (χ4v) is 5.19. The summed E-state index contributed by atoms with van der Waals surface area (Å²) in [4.78, 5) is 22.5. The SMILES string of the molecule is COC[C@H](OCc1cscn1)c1ccc(C(=O)N[C@H](C)c2cc(-c3cnn(C)c3)nc3ccccc23)c(C)c1. The lowest BCUT2D eigenvalue weighted by atomic mass is 9.98. The highest BCUT2D eigenvalue weighted by molar-refractivity contribution is 7.07. The second-order valence-electron chi connectivity index (χ2n) is 9.52. The van der Waals surface area contributed by atoms with E-state index in [1.54, 1.807) is 23.5 Å². The minimum atomic E-state index is -0.263. The number of nitrogens with one attached hydrogen (secondary N) is 1. The van der Waals surface area contributed by atoms with E-state index >= 15 is 0 Å². The Morgan fingerprint density at radius 3 is 2.74 bits per heavy atom. The summed E-state index contributed by atoms with van der Waals surface area (Å²) < 4.78 is 13.2. The standard InChI is InChI=1S/C30H31N5O3S/c1-19-11-21(29(16-37-4)38-15-23-17-39-18-31-23)9-10-24(19)30(36)33-20(2)26-12-28(22-13-32-35(3)14-22)34-27-8-6-5-7-25(26)27/h5-14,17-18,20,29H,15-16H2,1-4H3,(H,33,36)/t20-,29+/m1/s1. The van der Waals surface area contributed by atoms with E-state index in [1.165, 1.54) is 11.3 Å². The van der Waals surface area contributed by atoms with Gasteiger partial charge in [0, 0.05) is 42.2 Å². The van der Waals surface area contributed by atoms with Crippen LogP contribution < -0.4 is 5.32 Å². The molecular weight excluding hydrogens is 510 g/mol. The lowest BCUT2D eigenvalue weighted by Crippen LogP contribution is -2.27. The van der Waals surface area contributed by atoms with E-state index < -0.39 is 0 Å². The van der Waals surface area contributed by atoms with Gasteiger partial charge in [-0.2, -0.15) is 5.10 Å². The van der Waals surface area contributed by atoms with Crippen LogP contribution in [-0.2, 0) is 23.1 Å². The molecule has 39 heavy (non-hydrogen) atoms. The van der Waals surface area contributed by atoms with Crippen LogP contribution >= 0.6 is 11.3 Å². The van der Waals surface area contributed by atoms with Gasteiger partial charge < -0.3 is 14.8 Å². The van der Waals surface area contributed by atoms with E-state index in [1.807, 2.05) is 81.0 Å². The molecule has 0 saturated carbocycles. The van der Waals surface area contributed by atoms with Crippen molar-refractivity contribution < 1.29 is 14.3 Å². The number of amides is 1. The highest BCUT2D eigenvalue weighted by atomic mass is 32.1. The van der Waals surface area contributed by atoms with Gasteiger partial charge >= 0.3 is 0 Å². The molecule has 1 amide bonds. The maximum Gasteiger partial charge on any atom is 0.252 e. The number of aromatic nitrogens is 4. The van der Waals surface area contributed by atoms with Gasteiger partial charge in [-0.05, 0) is 48.7 Å². The number of ether oxygens (including phenoxy) is 2. The van der Waals surface area contributed by atoms with Gasteiger partial charge in [-0.3, -0.25) is 9.48 Å². The zero-order valence-electron chi connectivity index (χ0n) is 22.4. The van der Waals surface area contributed by atoms with Crippen LogP contribution in [0, 0.1) is 6.92 Å². The summed E-state index contributed by atoms with van der Waals surface area (Å²) in [5, 5.41) is 10.5. The molecule has 3 heterocycles. The number of rotatable bonds is 10. The first-order valence-corrected chi connectivity index (χ1v) is 13.6. The first-order chi connectivity index (χ1) is 18.9. The molecule has 0 fully saturated rings. The van der Waals surface area contributed by atoms with Crippen molar-refractivity contribution in [2.24, 2.45) is 7.05 Å². The van der Waals surface area contributed by atoms with E-state index in [9.17, 15) is 4.79 Å². The molecule has 5 aromatic rings. The van der Waals surface area contributed by atoms with Crippen molar-refractivity contribution >= 4 is 28.1 Å². The van der Waals surface area contributed by atoms with Crippen LogP contribution in [0.4, 0.5) is 0 Å². The summed E-state index contributed by atoms with van der Waals surface area (Å²) in [6.45, 7) is 4.74. The molecule has 0 bridgehead atoms. The molecule has 0 unspecified atom stereocenters. The van der Waals surface area contributed by atoms with Crippen molar-refractivity contribution in [3.8, 4) is 11.3 Å². The van der Waals surface area contributed by atoms with Crippen molar-refractivity contribution in [2.75, 3.05) is 13.7 Å². The van der Waals surface area contributed by atoms with Crippen molar-refractivity contribution in [1.29, 1.82) is 0 Å². The Labute approximate surface area is 231 Å². The lowest BCUT2D eigenvalue weighted by Gasteiger charge is -2.20. The lowest BCUT2D eigenvalue weighted by molar-refractivity contribution is -0.0139. The third-order valence-electron chi connectivity index (χ3n) is 6.66. The molecule has 9 heteroatoms. The second-order valence-corrected chi connectivity index (χ2v) is 10.2.